The summed E-state index contributed by atoms with van der Waals surface area (Å²) in [4.78, 5) is 18.6. The molecule has 0 bridgehead atoms. The van der Waals surface area contributed by atoms with Crippen molar-refractivity contribution >= 4 is 27.5 Å². The van der Waals surface area contributed by atoms with E-state index in [0.29, 0.717) is 10.6 Å². The number of aromatic nitrogens is 1. The molecule has 2 aromatic carbocycles. The molecule has 0 fully saturated rings. The molecule has 0 aliphatic rings. The zero-order chi connectivity index (χ0) is 21.9. The van der Waals surface area contributed by atoms with Gasteiger partial charge in [0.2, 0.25) is 0 Å². The van der Waals surface area contributed by atoms with E-state index in [1.807, 2.05) is 13.0 Å². The summed E-state index contributed by atoms with van der Waals surface area (Å²) in [5.41, 5.74) is 3.73. The summed E-state index contributed by atoms with van der Waals surface area (Å²) in [6.07, 6.45) is 2.85. The Hall–Kier alpha value is -2.64. The highest BCUT2D eigenvalue weighted by molar-refractivity contribution is 7.99. The average molecular weight is 441 g/mol. The SMILES string of the molecule is Cc1ccc(Sc2ncccc2C(=O)NC(C)c2ccc(S(C)(=O)=O)cc2)cc1C. The van der Waals surface area contributed by atoms with Crippen LogP contribution in [0, 0.1) is 13.8 Å². The molecular formula is C23H24N2O3S2. The van der Waals surface area contributed by atoms with Crippen molar-refractivity contribution in [1.82, 2.24) is 10.3 Å². The summed E-state index contributed by atoms with van der Waals surface area (Å²) in [5, 5.41) is 3.61. The first-order valence-corrected chi connectivity index (χ1v) is 12.2. The zero-order valence-electron chi connectivity index (χ0n) is 17.3. The molecule has 0 aliphatic carbocycles. The van der Waals surface area contributed by atoms with Gasteiger partial charge in [0.1, 0.15) is 5.03 Å². The van der Waals surface area contributed by atoms with Gasteiger partial charge in [-0.05, 0) is 73.9 Å². The van der Waals surface area contributed by atoms with Crippen LogP contribution in [0.5, 0.6) is 0 Å². The van der Waals surface area contributed by atoms with E-state index in [1.165, 1.54) is 29.1 Å². The maximum Gasteiger partial charge on any atom is 0.254 e. The number of carbonyl (C=O) groups is 1. The van der Waals surface area contributed by atoms with Crippen LogP contribution >= 0.6 is 11.8 Å². The minimum atomic E-state index is -3.25. The molecular weight excluding hydrogens is 416 g/mol. The van der Waals surface area contributed by atoms with Crippen LogP contribution in [-0.4, -0.2) is 25.6 Å². The van der Waals surface area contributed by atoms with Crippen molar-refractivity contribution in [2.75, 3.05) is 6.26 Å². The van der Waals surface area contributed by atoms with Gasteiger partial charge in [-0.2, -0.15) is 0 Å². The molecule has 3 aromatic rings. The second-order valence-corrected chi connectivity index (χ2v) is 10.3. The predicted molar refractivity (Wildman–Crippen MR) is 120 cm³/mol. The fourth-order valence-electron chi connectivity index (χ4n) is 2.90. The molecule has 0 saturated carbocycles. The van der Waals surface area contributed by atoms with Gasteiger partial charge >= 0.3 is 0 Å². The van der Waals surface area contributed by atoms with Gasteiger partial charge < -0.3 is 5.32 Å². The minimum Gasteiger partial charge on any atom is -0.345 e. The van der Waals surface area contributed by atoms with E-state index in [9.17, 15) is 13.2 Å². The maximum atomic E-state index is 12.9. The molecule has 1 amide bonds. The van der Waals surface area contributed by atoms with Gasteiger partial charge in [-0.25, -0.2) is 13.4 Å². The van der Waals surface area contributed by atoms with E-state index < -0.39 is 9.84 Å². The number of carbonyl (C=O) groups excluding carboxylic acids is 1. The van der Waals surface area contributed by atoms with E-state index in [2.05, 4.69) is 36.3 Å². The second kappa shape index (κ2) is 9.02. The second-order valence-electron chi connectivity index (χ2n) is 7.24. The Bertz CT molecular complexity index is 1170. The molecule has 5 nitrogen and oxygen atoms in total. The molecule has 0 radical (unpaired) electrons. The number of aryl methyl sites for hydroxylation is 2. The quantitative estimate of drug-likeness (QED) is 0.599. The topological polar surface area (TPSA) is 76.1 Å². The molecule has 1 unspecified atom stereocenters. The smallest absolute Gasteiger partial charge is 0.254 e. The van der Waals surface area contributed by atoms with Crippen LogP contribution in [0.4, 0.5) is 0 Å². The van der Waals surface area contributed by atoms with Gasteiger partial charge in [-0.15, -0.1) is 0 Å². The van der Waals surface area contributed by atoms with E-state index in [4.69, 9.17) is 0 Å². The monoisotopic (exact) mass is 440 g/mol. The Morgan fingerprint density at radius 3 is 2.37 bits per heavy atom. The van der Waals surface area contributed by atoms with Crippen LogP contribution in [0.25, 0.3) is 0 Å². The molecule has 3 rings (SSSR count). The van der Waals surface area contributed by atoms with Gasteiger partial charge in [-0.1, -0.05) is 30.0 Å². The van der Waals surface area contributed by atoms with Crippen molar-refractivity contribution in [3.8, 4) is 0 Å². The molecule has 1 atom stereocenters. The Kier molecular flexibility index (Phi) is 6.63. The van der Waals surface area contributed by atoms with Crippen LogP contribution in [0.2, 0.25) is 0 Å². The van der Waals surface area contributed by atoms with Gasteiger partial charge in [0.05, 0.1) is 16.5 Å². The minimum absolute atomic E-state index is 0.228. The van der Waals surface area contributed by atoms with Crippen molar-refractivity contribution < 1.29 is 13.2 Å². The molecule has 1 aromatic heterocycles. The first kappa shape index (κ1) is 22.1. The Balaban J connectivity index is 1.77. The number of sulfone groups is 1. The van der Waals surface area contributed by atoms with Gasteiger partial charge in [0.25, 0.3) is 5.91 Å². The fourth-order valence-corrected chi connectivity index (χ4v) is 4.51. The third kappa shape index (κ3) is 5.29. The van der Waals surface area contributed by atoms with Crippen molar-refractivity contribution in [3.63, 3.8) is 0 Å². The number of rotatable bonds is 6. The van der Waals surface area contributed by atoms with Crippen LogP contribution < -0.4 is 5.32 Å². The van der Waals surface area contributed by atoms with Crippen molar-refractivity contribution in [2.24, 2.45) is 0 Å². The van der Waals surface area contributed by atoms with Gasteiger partial charge in [0, 0.05) is 17.3 Å². The molecule has 30 heavy (non-hydrogen) atoms. The van der Waals surface area contributed by atoms with Gasteiger partial charge in [-0.3, -0.25) is 4.79 Å². The number of nitrogens with one attached hydrogen (secondary N) is 1. The largest absolute Gasteiger partial charge is 0.345 e. The number of pyridine rings is 1. The molecule has 0 spiro atoms. The lowest BCUT2D eigenvalue weighted by atomic mass is 10.1. The normalized spacial score (nSPS) is 12.4. The third-order valence-corrected chi connectivity index (χ3v) is 7.00. The van der Waals surface area contributed by atoms with Crippen LogP contribution in [0.3, 0.4) is 0 Å². The maximum absolute atomic E-state index is 12.9. The summed E-state index contributed by atoms with van der Waals surface area (Å²) in [6, 6.07) is 15.9. The highest BCUT2D eigenvalue weighted by atomic mass is 32.2. The molecule has 0 saturated heterocycles. The van der Waals surface area contributed by atoms with E-state index in [-0.39, 0.29) is 16.8 Å². The molecule has 1 heterocycles. The number of hydrogen-bond donors (Lipinski definition) is 1. The van der Waals surface area contributed by atoms with Crippen LogP contribution in [0.1, 0.15) is 40.0 Å². The first-order chi connectivity index (χ1) is 14.1. The van der Waals surface area contributed by atoms with E-state index in [0.717, 1.165) is 10.5 Å². The lowest BCUT2D eigenvalue weighted by molar-refractivity contribution is 0.0936. The van der Waals surface area contributed by atoms with Crippen LogP contribution in [0.15, 0.2) is 75.6 Å². The number of amides is 1. The Morgan fingerprint density at radius 1 is 1.03 bits per heavy atom. The summed E-state index contributed by atoms with van der Waals surface area (Å²) < 4.78 is 23.2. The molecule has 0 aliphatic heterocycles. The molecule has 156 valence electrons. The lowest BCUT2D eigenvalue weighted by Gasteiger charge is -2.16. The summed E-state index contributed by atoms with van der Waals surface area (Å²) in [7, 11) is -3.25. The lowest BCUT2D eigenvalue weighted by Crippen LogP contribution is -2.27. The number of benzene rings is 2. The summed E-state index contributed by atoms with van der Waals surface area (Å²) in [5.74, 6) is -0.228. The zero-order valence-corrected chi connectivity index (χ0v) is 19.0. The number of nitrogens with zero attached hydrogens (tertiary/aromatic N) is 1. The van der Waals surface area contributed by atoms with E-state index >= 15 is 0 Å². The predicted octanol–water partition coefficient (Wildman–Crippen LogP) is 4.74. The van der Waals surface area contributed by atoms with Crippen molar-refractivity contribution in [1.29, 1.82) is 0 Å². The third-order valence-electron chi connectivity index (χ3n) is 4.86. The van der Waals surface area contributed by atoms with Crippen molar-refractivity contribution in [3.05, 3.63) is 83.0 Å². The fraction of sp³-hybridized carbons (Fsp3) is 0.217. The standard InChI is InChI=1S/C23H24N2O3S2/c1-15-7-10-19(14-16(15)2)29-23-21(6-5-13-24-23)22(26)25-17(3)18-8-11-20(12-9-18)30(4,27)28/h5-14,17H,1-4H3,(H,25,26). The molecule has 7 heteroatoms. The number of hydrogen-bond acceptors (Lipinski definition) is 5. The Morgan fingerprint density at radius 2 is 1.73 bits per heavy atom. The summed E-state index contributed by atoms with van der Waals surface area (Å²) in [6.45, 7) is 5.98. The molecule has 1 N–H and O–H groups in total. The summed E-state index contributed by atoms with van der Waals surface area (Å²) >= 11 is 1.45. The highest BCUT2D eigenvalue weighted by Crippen LogP contribution is 2.30. The van der Waals surface area contributed by atoms with E-state index in [1.54, 1.807) is 42.6 Å². The van der Waals surface area contributed by atoms with Crippen LogP contribution in [-0.2, 0) is 9.84 Å². The van der Waals surface area contributed by atoms with Crippen molar-refractivity contribution in [2.45, 2.75) is 41.6 Å². The first-order valence-electron chi connectivity index (χ1n) is 9.46. The average Bonchev–Trinajstić information content (AvgIpc) is 2.70. The Labute approximate surface area is 181 Å². The van der Waals surface area contributed by atoms with Gasteiger partial charge in [0.15, 0.2) is 9.84 Å². The highest BCUT2D eigenvalue weighted by Gasteiger charge is 2.17.